The Labute approximate surface area is 205 Å². The predicted molar refractivity (Wildman–Crippen MR) is 138 cm³/mol. The fourth-order valence-electron chi connectivity index (χ4n) is 6.24. The largest absolute Gasteiger partial charge is 0.491 e. The number of allylic oxidation sites excluding steroid dienone is 5. The molecule has 184 valence electrons. The topological polar surface area (TPSA) is 61.5 Å². The van der Waals surface area contributed by atoms with Crippen molar-refractivity contribution in [2.45, 2.75) is 90.6 Å². The lowest BCUT2D eigenvalue weighted by molar-refractivity contribution is -0.123. The number of nitrogen functional groups attached to an aromatic ring is 1. The number of ether oxygens (including phenoxy) is 2. The number of ketones is 1. The Morgan fingerprint density at radius 1 is 0.971 bits per heavy atom. The Kier molecular flexibility index (Phi) is 7.85. The summed E-state index contributed by atoms with van der Waals surface area (Å²) in [6.07, 6.45) is 18.8. The molecule has 0 atom stereocenters. The normalized spacial score (nSPS) is 34.3. The second-order valence-corrected chi connectivity index (χ2v) is 10.8. The molecular formula is C30H41NO3. The Morgan fingerprint density at radius 3 is 2.35 bits per heavy atom. The van der Waals surface area contributed by atoms with E-state index in [0.29, 0.717) is 23.6 Å². The summed E-state index contributed by atoms with van der Waals surface area (Å²) in [6.45, 7) is 6.29. The van der Waals surface area contributed by atoms with E-state index >= 15 is 0 Å². The maximum atomic E-state index is 13.0. The van der Waals surface area contributed by atoms with Gasteiger partial charge in [0.2, 0.25) is 0 Å². The molecule has 2 fully saturated rings. The summed E-state index contributed by atoms with van der Waals surface area (Å²) in [7, 11) is 0. The van der Waals surface area contributed by atoms with Crippen molar-refractivity contribution < 1.29 is 14.3 Å². The van der Waals surface area contributed by atoms with Gasteiger partial charge in [0.25, 0.3) is 0 Å². The van der Waals surface area contributed by atoms with Gasteiger partial charge in [-0.1, -0.05) is 26.2 Å². The van der Waals surface area contributed by atoms with E-state index in [0.717, 1.165) is 41.9 Å². The zero-order valence-corrected chi connectivity index (χ0v) is 21.1. The minimum Gasteiger partial charge on any atom is -0.491 e. The van der Waals surface area contributed by atoms with E-state index in [4.69, 9.17) is 15.2 Å². The molecule has 4 rings (SSSR count). The Morgan fingerprint density at radius 2 is 1.68 bits per heavy atom. The summed E-state index contributed by atoms with van der Waals surface area (Å²) in [5.41, 5.74) is 7.26. The Balaban J connectivity index is 1.43. The standard InChI is InChI=1S/C30H41NO3/c1-4-23-6-8-24(9-7-23)25-13-15-30(16-14-25)20-27(32)10-12-28(11-5-22(3)34-30)33-29-18-21(2)17-26(31)19-29/h5,10-12,17-19,23-25H,4,6-9,13-16,20,31H2,1-3H3/b12-10+,22-5+,28-11+. The molecule has 4 nitrogen and oxygen atoms in total. The van der Waals surface area contributed by atoms with Gasteiger partial charge in [0.1, 0.15) is 17.1 Å². The van der Waals surface area contributed by atoms with Crippen molar-refractivity contribution >= 4 is 11.5 Å². The molecule has 0 bridgehead atoms. The van der Waals surface area contributed by atoms with Crippen LogP contribution in [0.1, 0.15) is 83.6 Å². The van der Waals surface area contributed by atoms with Crippen LogP contribution in [0, 0.1) is 24.7 Å². The number of rotatable bonds is 4. The third-order valence-electron chi connectivity index (χ3n) is 8.18. The molecular weight excluding hydrogens is 422 g/mol. The van der Waals surface area contributed by atoms with Gasteiger partial charge in [-0.3, -0.25) is 4.79 Å². The third-order valence-corrected chi connectivity index (χ3v) is 8.18. The van der Waals surface area contributed by atoms with Crippen LogP contribution < -0.4 is 10.5 Å². The molecule has 1 aromatic rings. The van der Waals surface area contributed by atoms with E-state index in [1.807, 2.05) is 38.1 Å². The van der Waals surface area contributed by atoms with Gasteiger partial charge in [0, 0.05) is 11.8 Å². The van der Waals surface area contributed by atoms with Crippen LogP contribution in [0.15, 0.2) is 54.0 Å². The van der Waals surface area contributed by atoms with Crippen molar-refractivity contribution in [1.82, 2.24) is 0 Å². The van der Waals surface area contributed by atoms with Gasteiger partial charge in [-0.2, -0.15) is 0 Å². The van der Waals surface area contributed by atoms with Crippen molar-refractivity contribution in [2.24, 2.45) is 17.8 Å². The summed E-state index contributed by atoms with van der Waals surface area (Å²) in [5, 5.41) is 0. The number of benzene rings is 1. The zero-order chi connectivity index (χ0) is 24.1. The van der Waals surface area contributed by atoms with E-state index in [1.54, 1.807) is 18.2 Å². The highest BCUT2D eigenvalue weighted by Gasteiger charge is 2.41. The average Bonchev–Trinajstić information content (AvgIpc) is 2.80. The van der Waals surface area contributed by atoms with Crippen molar-refractivity contribution in [1.29, 1.82) is 0 Å². The van der Waals surface area contributed by atoms with Crippen LogP contribution in [-0.2, 0) is 9.53 Å². The quantitative estimate of drug-likeness (QED) is 0.472. The number of carbonyl (C=O) groups excluding carboxylic acids is 1. The summed E-state index contributed by atoms with van der Waals surface area (Å²) in [5.74, 6) is 4.76. The maximum absolute atomic E-state index is 13.0. The van der Waals surface area contributed by atoms with E-state index in [9.17, 15) is 4.79 Å². The molecule has 1 aliphatic heterocycles. The Bertz CT molecular complexity index is 937. The molecule has 2 N–H and O–H groups in total. The first-order valence-electron chi connectivity index (χ1n) is 13.2. The van der Waals surface area contributed by atoms with Crippen molar-refractivity contribution in [2.75, 3.05) is 5.73 Å². The smallest absolute Gasteiger partial charge is 0.159 e. The van der Waals surface area contributed by atoms with E-state index in [2.05, 4.69) is 6.92 Å². The molecule has 0 saturated heterocycles. The lowest BCUT2D eigenvalue weighted by Gasteiger charge is -2.43. The van der Waals surface area contributed by atoms with E-state index in [1.165, 1.54) is 44.9 Å². The molecule has 1 spiro atoms. The van der Waals surface area contributed by atoms with Gasteiger partial charge in [0.05, 0.1) is 12.2 Å². The minimum absolute atomic E-state index is 0.0925. The lowest BCUT2D eigenvalue weighted by Crippen LogP contribution is -2.40. The van der Waals surface area contributed by atoms with Crippen LogP contribution in [0.5, 0.6) is 5.75 Å². The van der Waals surface area contributed by atoms with Crippen molar-refractivity contribution in [3.05, 3.63) is 59.6 Å². The highest BCUT2D eigenvalue weighted by molar-refractivity contribution is 5.90. The van der Waals surface area contributed by atoms with Crippen LogP contribution in [0.2, 0.25) is 0 Å². The maximum Gasteiger partial charge on any atom is 0.159 e. The van der Waals surface area contributed by atoms with Crippen LogP contribution in [-0.4, -0.2) is 11.4 Å². The second kappa shape index (κ2) is 10.8. The molecule has 0 aromatic heterocycles. The molecule has 34 heavy (non-hydrogen) atoms. The van der Waals surface area contributed by atoms with Crippen molar-refractivity contribution in [3.8, 4) is 5.75 Å². The molecule has 2 aliphatic carbocycles. The second-order valence-electron chi connectivity index (χ2n) is 10.8. The molecule has 0 unspecified atom stereocenters. The molecule has 4 heteroatoms. The molecule has 3 aliphatic rings. The fourth-order valence-corrected chi connectivity index (χ4v) is 6.24. The molecule has 1 aromatic carbocycles. The van der Waals surface area contributed by atoms with Gasteiger partial charge < -0.3 is 15.2 Å². The predicted octanol–water partition coefficient (Wildman–Crippen LogP) is 7.43. The highest BCUT2D eigenvalue weighted by atomic mass is 16.5. The van der Waals surface area contributed by atoms with Gasteiger partial charge in [0.15, 0.2) is 5.78 Å². The number of anilines is 1. The highest BCUT2D eigenvalue weighted by Crippen LogP contribution is 2.46. The Hall–Kier alpha value is -2.49. The lowest BCUT2D eigenvalue weighted by atomic mass is 9.67. The first kappa shape index (κ1) is 24.6. The first-order chi connectivity index (χ1) is 16.3. The average molecular weight is 464 g/mol. The minimum atomic E-state index is -0.379. The van der Waals surface area contributed by atoms with Gasteiger partial charge in [-0.15, -0.1) is 0 Å². The summed E-state index contributed by atoms with van der Waals surface area (Å²) < 4.78 is 12.5. The van der Waals surface area contributed by atoms with Crippen LogP contribution in [0.25, 0.3) is 0 Å². The van der Waals surface area contributed by atoms with E-state index in [-0.39, 0.29) is 11.4 Å². The van der Waals surface area contributed by atoms with Gasteiger partial charge in [-0.05, 0) is 112 Å². The fraction of sp³-hybridized carbons (Fsp3) is 0.567. The monoisotopic (exact) mass is 463 g/mol. The number of carbonyl (C=O) groups is 1. The number of hydrogen-bond acceptors (Lipinski definition) is 4. The molecule has 0 radical (unpaired) electrons. The number of hydrogen-bond donors (Lipinski definition) is 1. The number of aryl methyl sites for hydroxylation is 1. The van der Waals surface area contributed by atoms with Crippen molar-refractivity contribution in [3.63, 3.8) is 0 Å². The zero-order valence-electron chi connectivity index (χ0n) is 21.1. The van der Waals surface area contributed by atoms with Gasteiger partial charge >= 0.3 is 0 Å². The summed E-state index contributed by atoms with van der Waals surface area (Å²) in [4.78, 5) is 13.0. The summed E-state index contributed by atoms with van der Waals surface area (Å²) in [6, 6.07) is 5.62. The molecule has 2 saturated carbocycles. The molecule has 0 amide bonds. The molecule has 1 heterocycles. The van der Waals surface area contributed by atoms with Crippen LogP contribution >= 0.6 is 0 Å². The SMILES string of the molecule is CCC1CCC(C2CCC3(CC2)CC(=O)/C=C/C(Oc2cc(C)cc(N)c2)=C\C=C(/C)O3)CC1. The van der Waals surface area contributed by atoms with E-state index < -0.39 is 0 Å². The van der Waals surface area contributed by atoms with Crippen LogP contribution in [0.3, 0.4) is 0 Å². The third kappa shape index (κ3) is 6.34. The van der Waals surface area contributed by atoms with Gasteiger partial charge in [-0.25, -0.2) is 0 Å². The van der Waals surface area contributed by atoms with Crippen LogP contribution in [0.4, 0.5) is 5.69 Å². The summed E-state index contributed by atoms with van der Waals surface area (Å²) >= 11 is 0. The first-order valence-corrected chi connectivity index (χ1v) is 13.2. The number of nitrogens with two attached hydrogens (primary N) is 1.